The monoisotopic (exact) mass is 373 g/mol. The van der Waals surface area contributed by atoms with Crippen molar-refractivity contribution in [1.29, 1.82) is 0 Å². The number of rotatable bonds is 7. The summed E-state index contributed by atoms with van der Waals surface area (Å²) in [6, 6.07) is 14.5. The van der Waals surface area contributed by atoms with Crippen LogP contribution in [0.2, 0.25) is 0 Å². The fraction of sp³-hybridized carbons (Fsp3) is 0.263. The Balaban J connectivity index is 1.54. The molecule has 2 aromatic rings. The highest BCUT2D eigenvalue weighted by atomic mass is 32.2. The zero-order valence-electron chi connectivity index (χ0n) is 14.2. The van der Waals surface area contributed by atoms with Crippen molar-refractivity contribution in [3.8, 4) is 11.5 Å². The number of methoxy groups -OCH3 is 1. The topological polar surface area (TPSA) is 84.9 Å². The van der Waals surface area contributed by atoms with E-state index in [4.69, 9.17) is 9.47 Å². The second-order valence-corrected chi connectivity index (χ2v) is 7.01. The number of hydrogen-bond acceptors (Lipinski definition) is 6. The van der Waals surface area contributed by atoms with Crippen LogP contribution in [-0.4, -0.2) is 35.2 Å². The van der Waals surface area contributed by atoms with E-state index in [9.17, 15) is 14.7 Å². The first-order chi connectivity index (χ1) is 12.5. The predicted molar refractivity (Wildman–Crippen MR) is 98.5 cm³/mol. The second kappa shape index (κ2) is 8.25. The van der Waals surface area contributed by atoms with Gasteiger partial charge >= 0.3 is 0 Å². The number of amides is 2. The molecule has 1 unspecified atom stereocenters. The first-order valence-corrected chi connectivity index (χ1v) is 8.98. The van der Waals surface area contributed by atoms with E-state index in [1.54, 1.807) is 25.3 Å². The first kappa shape index (κ1) is 18.3. The third-order valence-electron chi connectivity index (χ3n) is 4.00. The molecule has 2 N–H and O–H groups in total. The molecule has 1 fully saturated rings. The third-order valence-corrected chi connectivity index (χ3v) is 4.98. The Kier molecular flexibility index (Phi) is 5.80. The zero-order chi connectivity index (χ0) is 18.5. The maximum absolute atomic E-state index is 11.6. The Morgan fingerprint density at radius 3 is 2.58 bits per heavy atom. The minimum Gasteiger partial charge on any atom is -0.497 e. The van der Waals surface area contributed by atoms with Gasteiger partial charge in [-0.05, 0) is 41.8 Å². The largest absolute Gasteiger partial charge is 0.497 e. The van der Waals surface area contributed by atoms with E-state index in [0.717, 1.165) is 22.9 Å². The van der Waals surface area contributed by atoms with Crippen molar-refractivity contribution in [3.05, 3.63) is 59.7 Å². The van der Waals surface area contributed by atoms with Crippen molar-refractivity contribution in [2.75, 3.05) is 13.7 Å². The minimum atomic E-state index is -0.769. The number of thioether (sulfide) groups is 1. The van der Waals surface area contributed by atoms with E-state index in [2.05, 4.69) is 5.32 Å². The fourth-order valence-electron chi connectivity index (χ4n) is 2.58. The molecule has 3 rings (SSSR count). The predicted octanol–water partition coefficient (Wildman–Crippen LogP) is 2.70. The Hall–Kier alpha value is -2.51. The van der Waals surface area contributed by atoms with E-state index in [1.165, 1.54) is 0 Å². The van der Waals surface area contributed by atoms with Crippen molar-refractivity contribution in [2.45, 2.75) is 17.8 Å². The minimum absolute atomic E-state index is 0.113. The fourth-order valence-corrected chi connectivity index (χ4v) is 3.44. The quantitative estimate of drug-likeness (QED) is 0.776. The maximum atomic E-state index is 11.6. The van der Waals surface area contributed by atoms with Gasteiger partial charge in [-0.25, -0.2) is 0 Å². The molecular weight excluding hydrogens is 354 g/mol. The van der Waals surface area contributed by atoms with Crippen molar-refractivity contribution < 1.29 is 24.2 Å². The summed E-state index contributed by atoms with van der Waals surface area (Å²) in [4.78, 5) is 22.8. The van der Waals surface area contributed by atoms with Crippen LogP contribution in [0.1, 0.15) is 17.2 Å². The van der Waals surface area contributed by atoms with E-state index in [-0.39, 0.29) is 23.0 Å². The van der Waals surface area contributed by atoms with Gasteiger partial charge in [-0.15, -0.1) is 0 Å². The van der Waals surface area contributed by atoms with Crippen LogP contribution in [0.3, 0.4) is 0 Å². The molecule has 2 aromatic carbocycles. The summed E-state index contributed by atoms with van der Waals surface area (Å²) < 4.78 is 10.8. The van der Waals surface area contributed by atoms with Crippen molar-refractivity contribution >= 4 is 22.9 Å². The van der Waals surface area contributed by atoms with Crippen LogP contribution in [0.25, 0.3) is 0 Å². The maximum Gasteiger partial charge on any atom is 0.286 e. The lowest BCUT2D eigenvalue weighted by atomic mass is 10.1. The molecule has 0 saturated carbocycles. The molecule has 0 aliphatic carbocycles. The van der Waals surface area contributed by atoms with Crippen LogP contribution in [0.5, 0.6) is 11.5 Å². The molecule has 0 aromatic heterocycles. The first-order valence-electron chi connectivity index (χ1n) is 8.10. The number of carbonyl (C=O) groups excluding carboxylic acids is 2. The molecule has 6 nitrogen and oxygen atoms in total. The summed E-state index contributed by atoms with van der Waals surface area (Å²) in [5.41, 5.74) is 1.66. The molecule has 1 saturated heterocycles. The summed E-state index contributed by atoms with van der Waals surface area (Å²) in [5, 5.41) is 11.8. The van der Waals surface area contributed by atoms with Gasteiger partial charge in [0.2, 0.25) is 5.91 Å². The van der Waals surface area contributed by atoms with Crippen LogP contribution < -0.4 is 14.8 Å². The smallest absolute Gasteiger partial charge is 0.286 e. The van der Waals surface area contributed by atoms with E-state index in [1.807, 2.05) is 30.3 Å². The summed E-state index contributed by atoms with van der Waals surface area (Å²) >= 11 is 1.01. The van der Waals surface area contributed by atoms with E-state index < -0.39 is 6.10 Å². The van der Waals surface area contributed by atoms with Crippen molar-refractivity contribution in [2.24, 2.45) is 0 Å². The van der Waals surface area contributed by atoms with Gasteiger partial charge in [0.05, 0.1) is 12.4 Å². The van der Waals surface area contributed by atoms with Crippen LogP contribution in [0.4, 0.5) is 4.79 Å². The van der Waals surface area contributed by atoms with Gasteiger partial charge in [0.25, 0.3) is 5.24 Å². The number of imide groups is 1. The highest BCUT2D eigenvalue weighted by molar-refractivity contribution is 8.15. The van der Waals surface area contributed by atoms with Crippen LogP contribution in [0, 0.1) is 0 Å². The summed E-state index contributed by atoms with van der Waals surface area (Å²) in [6.45, 7) is 0.113. The number of hydrogen-bond donors (Lipinski definition) is 2. The van der Waals surface area contributed by atoms with E-state index >= 15 is 0 Å². The molecule has 1 aliphatic heterocycles. The molecule has 1 heterocycles. The van der Waals surface area contributed by atoms with Crippen molar-refractivity contribution in [3.63, 3.8) is 0 Å². The summed E-state index contributed by atoms with van der Waals surface area (Å²) in [6.07, 6.45) is -0.288. The normalized spacial score (nSPS) is 17.7. The van der Waals surface area contributed by atoms with E-state index in [0.29, 0.717) is 17.9 Å². The standard InChI is InChI=1S/C19H19NO5S/c1-24-15-4-2-3-13(10-15)16(21)11-25-14-7-5-12(6-8-14)9-17-18(22)20-19(23)26-17/h2-8,10,16-17,21H,9,11H2,1H3,(H,20,22,23)/t16-,17?/m1/s1. The van der Waals surface area contributed by atoms with Gasteiger partial charge < -0.3 is 14.6 Å². The average molecular weight is 373 g/mol. The zero-order valence-corrected chi connectivity index (χ0v) is 15.0. The number of nitrogens with one attached hydrogen (secondary N) is 1. The molecule has 7 heteroatoms. The SMILES string of the molecule is COc1cccc([C@H](O)COc2ccc(CC3SC(=O)NC3=O)cc2)c1. The molecule has 2 amide bonds. The lowest BCUT2D eigenvalue weighted by molar-refractivity contribution is -0.118. The molecule has 0 spiro atoms. The molecule has 26 heavy (non-hydrogen) atoms. The summed E-state index contributed by atoms with van der Waals surface area (Å²) in [7, 11) is 1.58. The molecule has 0 radical (unpaired) electrons. The lowest BCUT2D eigenvalue weighted by Crippen LogP contribution is -2.25. The van der Waals surface area contributed by atoms with Crippen molar-refractivity contribution in [1.82, 2.24) is 5.32 Å². The highest BCUT2D eigenvalue weighted by Crippen LogP contribution is 2.24. The molecule has 0 bridgehead atoms. The van der Waals surface area contributed by atoms with Gasteiger partial charge in [0.1, 0.15) is 24.2 Å². The van der Waals surface area contributed by atoms with Crippen LogP contribution >= 0.6 is 11.8 Å². The van der Waals surface area contributed by atoms with Gasteiger partial charge in [-0.3, -0.25) is 14.9 Å². The number of ether oxygens (including phenoxy) is 2. The number of aliphatic hydroxyl groups is 1. The average Bonchev–Trinajstić information content (AvgIpc) is 2.97. The van der Waals surface area contributed by atoms with Crippen LogP contribution in [-0.2, 0) is 11.2 Å². The Bertz CT molecular complexity index is 793. The Morgan fingerprint density at radius 1 is 1.15 bits per heavy atom. The lowest BCUT2D eigenvalue weighted by Gasteiger charge is -2.14. The molecule has 136 valence electrons. The number of carbonyl (C=O) groups is 2. The Morgan fingerprint density at radius 2 is 1.92 bits per heavy atom. The molecular formula is C19H19NO5S. The second-order valence-electron chi connectivity index (χ2n) is 5.83. The van der Waals surface area contributed by atoms with Crippen LogP contribution in [0.15, 0.2) is 48.5 Å². The summed E-state index contributed by atoms with van der Waals surface area (Å²) in [5.74, 6) is 1.05. The van der Waals surface area contributed by atoms with Gasteiger partial charge in [-0.1, -0.05) is 36.0 Å². The molecule has 2 atom stereocenters. The third kappa shape index (κ3) is 4.56. The number of benzene rings is 2. The highest BCUT2D eigenvalue weighted by Gasteiger charge is 2.31. The number of aliphatic hydroxyl groups excluding tert-OH is 1. The Labute approximate surface area is 155 Å². The van der Waals surface area contributed by atoms with Gasteiger partial charge in [-0.2, -0.15) is 0 Å². The van der Waals surface area contributed by atoms with Gasteiger partial charge in [0, 0.05) is 0 Å². The van der Waals surface area contributed by atoms with Gasteiger partial charge in [0.15, 0.2) is 0 Å². The molecule has 1 aliphatic rings.